The molecule has 0 aromatic heterocycles. The van der Waals surface area contributed by atoms with Crippen molar-refractivity contribution in [3.8, 4) is 5.75 Å². The molecule has 0 radical (unpaired) electrons. The van der Waals surface area contributed by atoms with Crippen LogP contribution in [0.5, 0.6) is 5.75 Å². The summed E-state index contributed by atoms with van der Waals surface area (Å²) in [5.74, 6) is 0.377. The summed E-state index contributed by atoms with van der Waals surface area (Å²) in [4.78, 5) is 11.0. The van der Waals surface area contributed by atoms with Gasteiger partial charge in [-0.2, -0.15) is 0 Å². The molecular weight excluding hydrogens is 190 g/mol. The van der Waals surface area contributed by atoms with Gasteiger partial charge in [-0.3, -0.25) is 4.79 Å². The molecule has 0 aliphatic carbocycles. The summed E-state index contributed by atoms with van der Waals surface area (Å²) in [6.45, 7) is 2.00. The minimum Gasteiger partial charge on any atom is -0.508 e. The van der Waals surface area contributed by atoms with Crippen molar-refractivity contribution in [3.63, 3.8) is 0 Å². The Morgan fingerprint density at radius 1 is 1.47 bits per heavy atom. The van der Waals surface area contributed by atoms with Crippen molar-refractivity contribution >= 4 is 5.91 Å². The minimum atomic E-state index is 0.0427. The highest BCUT2D eigenvalue weighted by Gasteiger charge is 2.03. The predicted molar refractivity (Wildman–Crippen MR) is 59.9 cm³/mol. The number of carbonyl (C=O) groups is 1. The lowest BCUT2D eigenvalue weighted by Crippen LogP contribution is -2.17. The van der Waals surface area contributed by atoms with Crippen LogP contribution < -0.4 is 5.32 Å². The molecule has 0 atom stereocenters. The van der Waals surface area contributed by atoms with E-state index in [-0.39, 0.29) is 5.91 Å². The fraction of sp³-hybridized carbons (Fsp3) is 0.417. The van der Waals surface area contributed by atoms with Crippen LogP contribution in [0.4, 0.5) is 0 Å². The Bertz CT molecular complexity index is 347. The monoisotopic (exact) mass is 207 g/mol. The Balaban J connectivity index is 2.66. The summed E-state index contributed by atoms with van der Waals surface area (Å²) in [6.07, 6.45) is 2.01. The SMILES string of the molecule is CCc1cc(CCC(=O)NC)ccc1O. The van der Waals surface area contributed by atoms with E-state index in [1.807, 2.05) is 19.1 Å². The molecule has 2 N–H and O–H groups in total. The second-order valence-electron chi connectivity index (χ2n) is 3.49. The second kappa shape index (κ2) is 5.39. The zero-order chi connectivity index (χ0) is 11.3. The fourth-order valence-electron chi connectivity index (χ4n) is 1.46. The molecule has 3 heteroatoms. The van der Waals surface area contributed by atoms with Gasteiger partial charge in [0.05, 0.1) is 0 Å². The molecule has 0 spiro atoms. The van der Waals surface area contributed by atoms with Crippen molar-refractivity contribution in [3.05, 3.63) is 29.3 Å². The van der Waals surface area contributed by atoms with Gasteiger partial charge in [0.25, 0.3) is 0 Å². The van der Waals surface area contributed by atoms with Gasteiger partial charge in [0.1, 0.15) is 5.75 Å². The summed E-state index contributed by atoms with van der Waals surface area (Å²) >= 11 is 0. The maximum Gasteiger partial charge on any atom is 0.220 e. The molecule has 3 nitrogen and oxygen atoms in total. The molecule has 15 heavy (non-hydrogen) atoms. The van der Waals surface area contributed by atoms with E-state index in [1.165, 1.54) is 0 Å². The first-order valence-electron chi connectivity index (χ1n) is 5.18. The lowest BCUT2D eigenvalue weighted by atomic mass is 10.0. The van der Waals surface area contributed by atoms with Gasteiger partial charge in [-0.05, 0) is 30.0 Å². The van der Waals surface area contributed by atoms with Crippen molar-refractivity contribution < 1.29 is 9.90 Å². The number of benzene rings is 1. The first-order chi connectivity index (χ1) is 7.17. The van der Waals surface area contributed by atoms with Crippen molar-refractivity contribution in [2.75, 3.05) is 7.05 Å². The third-order valence-electron chi connectivity index (χ3n) is 2.44. The average molecular weight is 207 g/mol. The average Bonchev–Trinajstić information content (AvgIpc) is 2.27. The number of phenolic OH excluding ortho intramolecular Hbond substituents is 1. The standard InChI is InChI=1S/C12H17NO2/c1-3-10-8-9(4-6-11(10)14)5-7-12(15)13-2/h4,6,8,14H,3,5,7H2,1-2H3,(H,13,15). The van der Waals surface area contributed by atoms with Gasteiger partial charge in [-0.15, -0.1) is 0 Å². The number of hydrogen-bond donors (Lipinski definition) is 2. The van der Waals surface area contributed by atoms with E-state index in [0.29, 0.717) is 18.6 Å². The van der Waals surface area contributed by atoms with Crippen LogP contribution in [0.25, 0.3) is 0 Å². The maximum atomic E-state index is 11.0. The second-order valence-corrected chi connectivity index (χ2v) is 3.49. The molecule has 0 unspecified atom stereocenters. The van der Waals surface area contributed by atoms with E-state index in [4.69, 9.17) is 0 Å². The van der Waals surface area contributed by atoms with Crippen LogP contribution in [0.15, 0.2) is 18.2 Å². The zero-order valence-electron chi connectivity index (χ0n) is 9.21. The number of hydrogen-bond acceptors (Lipinski definition) is 2. The number of amides is 1. The van der Waals surface area contributed by atoms with E-state index in [2.05, 4.69) is 5.32 Å². The molecule has 82 valence electrons. The Kier molecular flexibility index (Phi) is 4.16. The Labute approximate surface area is 90.1 Å². The molecule has 0 heterocycles. The summed E-state index contributed by atoms with van der Waals surface area (Å²) in [5.41, 5.74) is 2.03. The van der Waals surface area contributed by atoms with Crippen molar-refractivity contribution in [1.29, 1.82) is 0 Å². The van der Waals surface area contributed by atoms with E-state index >= 15 is 0 Å². The quantitative estimate of drug-likeness (QED) is 0.788. The number of rotatable bonds is 4. The highest BCUT2D eigenvalue weighted by Crippen LogP contribution is 2.19. The van der Waals surface area contributed by atoms with Crippen LogP contribution in [-0.4, -0.2) is 18.1 Å². The maximum absolute atomic E-state index is 11.0. The van der Waals surface area contributed by atoms with Crippen molar-refractivity contribution in [2.45, 2.75) is 26.2 Å². The molecule has 0 saturated heterocycles. The third kappa shape index (κ3) is 3.27. The highest BCUT2D eigenvalue weighted by molar-refractivity contribution is 5.75. The van der Waals surface area contributed by atoms with Gasteiger partial charge in [-0.25, -0.2) is 0 Å². The van der Waals surface area contributed by atoms with Gasteiger partial charge in [0, 0.05) is 13.5 Å². The Hall–Kier alpha value is -1.51. The van der Waals surface area contributed by atoms with Gasteiger partial charge in [-0.1, -0.05) is 19.1 Å². The van der Waals surface area contributed by atoms with Gasteiger partial charge < -0.3 is 10.4 Å². The van der Waals surface area contributed by atoms with Crippen LogP contribution in [0.2, 0.25) is 0 Å². The molecule has 0 fully saturated rings. The molecule has 1 rings (SSSR count). The van der Waals surface area contributed by atoms with Crippen LogP contribution >= 0.6 is 0 Å². The molecule has 1 amide bonds. The minimum absolute atomic E-state index is 0.0427. The first kappa shape index (κ1) is 11.6. The smallest absolute Gasteiger partial charge is 0.220 e. The van der Waals surface area contributed by atoms with Gasteiger partial charge in [0.15, 0.2) is 0 Å². The summed E-state index contributed by atoms with van der Waals surface area (Å²) in [5, 5.41) is 12.1. The molecule has 1 aromatic carbocycles. The molecule has 1 aromatic rings. The number of nitrogens with one attached hydrogen (secondary N) is 1. The van der Waals surface area contributed by atoms with Crippen molar-refractivity contribution in [1.82, 2.24) is 5.32 Å². The molecule has 0 aliphatic heterocycles. The molecule has 0 saturated carbocycles. The van der Waals surface area contributed by atoms with Gasteiger partial charge >= 0.3 is 0 Å². The van der Waals surface area contributed by atoms with E-state index in [9.17, 15) is 9.90 Å². The van der Waals surface area contributed by atoms with E-state index in [0.717, 1.165) is 17.5 Å². The number of carbonyl (C=O) groups excluding carboxylic acids is 1. The normalized spacial score (nSPS) is 10.0. The summed E-state index contributed by atoms with van der Waals surface area (Å²) in [6, 6.07) is 5.51. The third-order valence-corrected chi connectivity index (χ3v) is 2.44. The number of aryl methyl sites for hydroxylation is 2. The topological polar surface area (TPSA) is 49.3 Å². The Morgan fingerprint density at radius 2 is 2.20 bits per heavy atom. The van der Waals surface area contributed by atoms with Crippen LogP contribution in [0.1, 0.15) is 24.5 Å². The predicted octanol–water partition coefficient (Wildman–Crippen LogP) is 1.63. The van der Waals surface area contributed by atoms with Crippen LogP contribution in [-0.2, 0) is 17.6 Å². The van der Waals surface area contributed by atoms with E-state index < -0.39 is 0 Å². The largest absolute Gasteiger partial charge is 0.508 e. The molecule has 0 bridgehead atoms. The lowest BCUT2D eigenvalue weighted by Gasteiger charge is -2.05. The first-order valence-corrected chi connectivity index (χ1v) is 5.18. The molecule has 0 aliphatic rings. The lowest BCUT2D eigenvalue weighted by molar-refractivity contribution is -0.120. The van der Waals surface area contributed by atoms with Crippen LogP contribution in [0, 0.1) is 0 Å². The Morgan fingerprint density at radius 3 is 2.80 bits per heavy atom. The fourth-order valence-corrected chi connectivity index (χ4v) is 1.46. The van der Waals surface area contributed by atoms with Crippen molar-refractivity contribution in [2.24, 2.45) is 0 Å². The number of aromatic hydroxyl groups is 1. The molecular formula is C12H17NO2. The summed E-state index contributed by atoms with van der Waals surface area (Å²) in [7, 11) is 1.64. The highest BCUT2D eigenvalue weighted by atomic mass is 16.3. The van der Waals surface area contributed by atoms with Crippen LogP contribution in [0.3, 0.4) is 0 Å². The van der Waals surface area contributed by atoms with Gasteiger partial charge in [0.2, 0.25) is 5.91 Å². The number of phenols is 1. The van der Waals surface area contributed by atoms with E-state index in [1.54, 1.807) is 13.1 Å². The zero-order valence-corrected chi connectivity index (χ0v) is 9.21. The summed E-state index contributed by atoms with van der Waals surface area (Å²) < 4.78 is 0.